The van der Waals surface area contributed by atoms with Gasteiger partial charge < -0.3 is 15.0 Å². The number of hydrogen-bond donors (Lipinski definition) is 1. The molecule has 1 aromatic heterocycles. The second-order valence-electron chi connectivity index (χ2n) is 6.62. The maximum Gasteiger partial charge on any atom is 0.254 e. The summed E-state index contributed by atoms with van der Waals surface area (Å²) in [4.78, 5) is 26.9. The first-order valence-electron chi connectivity index (χ1n) is 9.07. The van der Waals surface area contributed by atoms with E-state index in [9.17, 15) is 18.0 Å². The molecule has 1 aliphatic heterocycles. The lowest BCUT2D eigenvalue weighted by molar-refractivity contribution is -0.116. The lowest BCUT2D eigenvalue weighted by atomic mass is 10.0. The predicted molar refractivity (Wildman–Crippen MR) is 111 cm³/mol. The lowest BCUT2D eigenvalue weighted by Crippen LogP contribution is -2.41. The molecule has 10 heteroatoms. The standard InChI is InChI=1S/C19H23N3O5S2/c1-14-15(19(24)22-8-10-27-11-9-22)5-3-6-16(14)20-17(23)13-21(2)29(25,26)18-7-4-12-28-18/h3-7,12H,8-11,13H2,1-2H3,(H,20,23). The van der Waals surface area contributed by atoms with Gasteiger partial charge in [-0.15, -0.1) is 11.3 Å². The second kappa shape index (κ2) is 9.04. The molecule has 29 heavy (non-hydrogen) atoms. The third-order valence-corrected chi connectivity index (χ3v) is 7.84. The van der Waals surface area contributed by atoms with E-state index in [1.165, 1.54) is 13.1 Å². The quantitative estimate of drug-likeness (QED) is 0.743. The molecule has 1 saturated heterocycles. The van der Waals surface area contributed by atoms with Crippen molar-refractivity contribution in [3.63, 3.8) is 0 Å². The molecule has 0 radical (unpaired) electrons. The maximum atomic E-state index is 12.8. The van der Waals surface area contributed by atoms with E-state index >= 15 is 0 Å². The van der Waals surface area contributed by atoms with E-state index in [-0.39, 0.29) is 16.7 Å². The van der Waals surface area contributed by atoms with E-state index < -0.39 is 15.9 Å². The summed E-state index contributed by atoms with van der Waals surface area (Å²) in [6.07, 6.45) is 0. The van der Waals surface area contributed by atoms with Gasteiger partial charge in [0.05, 0.1) is 19.8 Å². The Kier molecular flexibility index (Phi) is 6.68. The van der Waals surface area contributed by atoms with Gasteiger partial charge in [0.15, 0.2) is 0 Å². The van der Waals surface area contributed by atoms with E-state index in [1.807, 2.05) is 0 Å². The molecular formula is C19H23N3O5S2. The fourth-order valence-electron chi connectivity index (χ4n) is 2.98. The number of rotatable bonds is 6. The van der Waals surface area contributed by atoms with Crippen LogP contribution in [0, 0.1) is 6.92 Å². The molecule has 2 heterocycles. The van der Waals surface area contributed by atoms with Crippen LogP contribution in [0.1, 0.15) is 15.9 Å². The van der Waals surface area contributed by atoms with Gasteiger partial charge >= 0.3 is 0 Å². The minimum Gasteiger partial charge on any atom is -0.378 e. The van der Waals surface area contributed by atoms with Crippen LogP contribution in [0.4, 0.5) is 5.69 Å². The van der Waals surface area contributed by atoms with Crippen LogP contribution in [0.2, 0.25) is 0 Å². The van der Waals surface area contributed by atoms with Crippen molar-refractivity contribution in [1.29, 1.82) is 0 Å². The van der Waals surface area contributed by atoms with Gasteiger partial charge in [0.2, 0.25) is 5.91 Å². The van der Waals surface area contributed by atoms with Crippen LogP contribution in [0.5, 0.6) is 0 Å². The van der Waals surface area contributed by atoms with Crippen molar-refractivity contribution in [3.8, 4) is 0 Å². The number of carbonyl (C=O) groups is 2. The van der Waals surface area contributed by atoms with E-state index in [1.54, 1.807) is 41.5 Å². The minimum atomic E-state index is -3.71. The topological polar surface area (TPSA) is 96.0 Å². The van der Waals surface area contributed by atoms with Crippen molar-refractivity contribution in [1.82, 2.24) is 9.21 Å². The molecule has 0 bridgehead atoms. The Labute approximate surface area is 174 Å². The van der Waals surface area contributed by atoms with Gasteiger partial charge in [-0.3, -0.25) is 9.59 Å². The minimum absolute atomic E-state index is 0.112. The summed E-state index contributed by atoms with van der Waals surface area (Å²) in [5, 5.41) is 4.39. The molecule has 1 N–H and O–H groups in total. The molecule has 1 fully saturated rings. The number of likely N-dealkylation sites (N-methyl/N-ethyl adjacent to an activating group) is 1. The van der Waals surface area contributed by atoms with Crippen LogP contribution in [0.3, 0.4) is 0 Å². The van der Waals surface area contributed by atoms with E-state index in [0.29, 0.717) is 43.1 Å². The Bertz CT molecular complexity index is 983. The zero-order chi connectivity index (χ0) is 21.0. The monoisotopic (exact) mass is 437 g/mol. The van der Waals surface area contributed by atoms with Crippen molar-refractivity contribution < 1.29 is 22.7 Å². The largest absolute Gasteiger partial charge is 0.378 e. The second-order valence-corrected chi connectivity index (χ2v) is 9.84. The van der Waals surface area contributed by atoms with Crippen LogP contribution in [0.25, 0.3) is 0 Å². The van der Waals surface area contributed by atoms with Gasteiger partial charge in [0.25, 0.3) is 15.9 Å². The van der Waals surface area contributed by atoms with Crippen molar-refractivity contribution in [2.75, 3.05) is 45.2 Å². The van der Waals surface area contributed by atoms with Gasteiger partial charge in [0.1, 0.15) is 4.21 Å². The molecule has 2 amide bonds. The molecule has 0 aliphatic carbocycles. The molecule has 0 atom stereocenters. The van der Waals surface area contributed by atoms with Crippen LogP contribution in [-0.4, -0.2) is 69.3 Å². The number of benzene rings is 1. The first kappa shape index (κ1) is 21.4. The van der Waals surface area contributed by atoms with Gasteiger partial charge in [-0.05, 0) is 36.1 Å². The summed E-state index contributed by atoms with van der Waals surface area (Å²) < 4.78 is 31.4. The number of anilines is 1. The summed E-state index contributed by atoms with van der Waals surface area (Å²) in [5.74, 6) is -0.592. The number of nitrogens with one attached hydrogen (secondary N) is 1. The average Bonchev–Trinajstić information content (AvgIpc) is 3.25. The smallest absolute Gasteiger partial charge is 0.254 e. The fraction of sp³-hybridized carbons (Fsp3) is 0.368. The summed E-state index contributed by atoms with van der Waals surface area (Å²) in [5.41, 5.74) is 1.63. The van der Waals surface area contributed by atoms with Crippen molar-refractivity contribution in [2.45, 2.75) is 11.1 Å². The lowest BCUT2D eigenvalue weighted by Gasteiger charge is -2.27. The van der Waals surface area contributed by atoms with Crippen molar-refractivity contribution >= 4 is 38.9 Å². The number of thiophene rings is 1. The molecule has 0 spiro atoms. The van der Waals surface area contributed by atoms with Crippen molar-refractivity contribution in [3.05, 3.63) is 46.8 Å². The van der Waals surface area contributed by atoms with Gasteiger partial charge in [0, 0.05) is 31.4 Å². The molecule has 1 aliphatic rings. The van der Waals surface area contributed by atoms with E-state index in [0.717, 1.165) is 15.6 Å². The summed E-state index contributed by atoms with van der Waals surface area (Å²) >= 11 is 1.10. The van der Waals surface area contributed by atoms with Gasteiger partial charge in [-0.25, -0.2) is 8.42 Å². The number of amides is 2. The fourth-order valence-corrected chi connectivity index (χ4v) is 5.31. The summed E-state index contributed by atoms with van der Waals surface area (Å²) in [6.45, 7) is 3.50. The van der Waals surface area contributed by atoms with Crippen LogP contribution in [-0.2, 0) is 19.6 Å². The molecule has 0 unspecified atom stereocenters. The van der Waals surface area contributed by atoms with Crippen LogP contribution in [0.15, 0.2) is 39.9 Å². The first-order valence-corrected chi connectivity index (χ1v) is 11.4. The molecular weight excluding hydrogens is 414 g/mol. The predicted octanol–water partition coefficient (Wildman–Crippen LogP) is 1.79. The molecule has 0 saturated carbocycles. The van der Waals surface area contributed by atoms with Crippen LogP contribution >= 0.6 is 11.3 Å². The van der Waals surface area contributed by atoms with E-state index in [4.69, 9.17) is 4.74 Å². The van der Waals surface area contributed by atoms with Crippen molar-refractivity contribution in [2.24, 2.45) is 0 Å². The van der Waals surface area contributed by atoms with Gasteiger partial charge in [-0.2, -0.15) is 4.31 Å². The molecule has 8 nitrogen and oxygen atoms in total. The number of ether oxygens (including phenoxy) is 1. The van der Waals surface area contributed by atoms with Gasteiger partial charge in [-0.1, -0.05) is 12.1 Å². The third kappa shape index (κ3) is 4.84. The normalized spacial score (nSPS) is 14.8. The number of carbonyl (C=O) groups excluding carboxylic acids is 2. The average molecular weight is 438 g/mol. The van der Waals surface area contributed by atoms with E-state index in [2.05, 4.69) is 5.32 Å². The zero-order valence-electron chi connectivity index (χ0n) is 16.3. The Balaban J connectivity index is 1.70. The third-order valence-electron chi connectivity index (χ3n) is 4.66. The molecule has 3 rings (SSSR count). The SMILES string of the molecule is Cc1c(NC(=O)CN(C)S(=O)(=O)c2cccs2)cccc1C(=O)N1CCOCC1. The molecule has 156 valence electrons. The highest BCUT2D eigenvalue weighted by Gasteiger charge is 2.25. The Morgan fingerprint density at radius 2 is 1.93 bits per heavy atom. The number of sulfonamides is 1. The number of hydrogen-bond acceptors (Lipinski definition) is 6. The number of morpholine rings is 1. The summed E-state index contributed by atoms with van der Waals surface area (Å²) in [7, 11) is -2.35. The maximum absolute atomic E-state index is 12.8. The Morgan fingerprint density at radius 1 is 1.21 bits per heavy atom. The summed E-state index contributed by atoms with van der Waals surface area (Å²) in [6, 6.07) is 8.25. The first-order chi connectivity index (χ1) is 13.8. The highest BCUT2D eigenvalue weighted by Crippen LogP contribution is 2.22. The highest BCUT2D eigenvalue weighted by molar-refractivity contribution is 7.91. The highest BCUT2D eigenvalue weighted by atomic mass is 32.2. The van der Waals surface area contributed by atoms with Crippen LogP contribution < -0.4 is 5.32 Å². The Hall–Kier alpha value is -2.27. The Morgan fingerprint density at radius 3 is 2.59 bits per heavy atom. The molecule has 2 aromatic rings. The number of nitrogens with zero attached hydrogens (tertiary/aromatic N) is 2. The zero-order valence-corrected chi connectivity index (χ0v) is 17.9. The molecule has 1 aromatic carbocycles.